The van der Waals surface area contributed by atoms with Crippen LogP contribution in [0, 0.1) is 0 Å². The highest BCUT2D eigenvalue weighted by Crippen LogP contribution is 2.20. The van der Waals surface area contributed by atoms with E-state index in [2.05, 4.69) is 5.32 Å². The van der Waals surface area contributed by atoms with E-state index in [4.69, 9.17) is 4.74 Å². The minimum Gasteiger partial charge on any atom is -0.489 e. The van der Waals surface area contributed by atoms with Crippen molar-refractivity contribution in [2.24, 2.45) is 0 Å². The molecule has 3 nitrogen and oxygen atoms in total. The van der Waals surface area contributed by atoms with Gasteiger partial charge in [0.05, 0.1) is 6.04 Å². The predicted octanol–water partition coefficient (Wildman–Crippen LogP) is 4.82. The van der Waals surface area contributed by atoms with Gasteiger partial charge >= 0.3 is 0 Å². The first kappa shape index (κ1) is 16.3. The van der Waals surface area contributed by atoms with Crippen LogP contribution in [0.1, 0.15) is 33.8 Å². The summed E-state index contributed by atoms with van der Waals surface area (Å²) >= 11 is 1.64. The standard InChI is InChI=1S/C20H19NO2S/c1-15(19-12-7-13-24-19)21-20(22)18-11-6-5-8-16(18)14-23-17-9-3-2-4-10-17/h2-13,15H,14H2,1H3,(H,21,22). The van der Waals surface area contributed by atoms with Crippen LogP contribution in [0.4, 0.5) is 0 Å². The van der Waals surface area contributed by atoms with Gasteiger partial charge in [0.1, 0.15) is 12.4 Å². The lowest BCUT2D eigenvalue weighted by molar-refractivity contribution is 0.0938. The lowest BCUT2D eigenvalue weighted by Crippen LogP contribution is -2.27. The van der Waals surface area contributed by atoms with Crippen molar-refractivity contribution in [3.05, 3.63) is 88.1 Å². The van der Waals surface area contributed by atoms with Crippen molar-refractivity contribution in [3.8, 4) is 5.75 Å². The largest absolute Gasteiger partial charge is 0.489 e. The van der Waals surface area contributed by atoms with Crippen LogP contribution in [0.3, 0.4) is 0 Å². The van der Waals surface area contributed by atoms with E-state index in [9.17, 15) is 4.79 Å². The molecule has 0 bridgehead atoms. The summed E-state index contributed by atoms with van der Waals surface area (Å²) < 4.78 is 5.78. The summed E-state index contributed by atoms with van der Waals surface area (Å²) in [6, 6.07) is 21.2. The predicted molar refractivity (Wildman–Crippen MR) is 97.4 cm³/mol. The highest BCUT2D eigenvalue weighted by molar-refractivity contribution is 7.10. The van der Waals surface area contributed by atoms with E-state index in [1.54, 1.807) is 11.3 Å². The van der Waals surface area contributed by atoms with Crippen LogP contribution >= 0.6 is 11.3 Å². The number of hydrogen-bond donors (Lipinski definition) is 1. The van der Waals surface area contributed by atoms with Gasteiger partial charge in [0, 0.05) is 16.0 Å². The number of amides is 1. The minimum atomic E-state index is -0.0804. The molecule has 122 valence electrons. The summed E-state index contributed by atoms with van der Waals surface area (Å²) in [5.41, 5.74) is 1.52. The lowest BCUT2D eigenvalue weighted by atomic mass is 10.1. The quantitative estimate of drug-likeness (QED) is 0.700. The van der Waals surface area contributed by atoms with Crippen molar-refractivity contribution < 1.29 is 9.53 Å². The third kappa shape index (κ3) is 4.03. The fourth-order valence-electron chi connectivity index (χ4n) is 2.43. The second kappa shape index (κ2) is 7.79. The van der Waals surface area contributed by atoms with E-state index in [0.717, 1.165) is 16.2 Å². The molecule has 3 rings (SSSR count). The molecule has 0 aliphatic carbocycles. The van der Waals surface area contributed by atoms with Crippen molar-refractivity contribution in [3.63, 3.8) is 0 Å². The smallest absolute Gasteiger partial charge is 0.252 e. The Morgan fingerprint density at radius 3 is 2.54 bits per heavy atom. The summed E-state index contributed by atoms with van der Waals surface area (Å²) in [7, 11) is 0. The van der Waals surface area contributed by atoms with Crippen LogP contribution in [0.5, 0.6) is 5.75 Å². The molecule has 1 aromatic heterocycles. The molecule has 0 radical (unpaired) electrons. The van der Waals surface area contributed by atoms with Gasteiger partial charge < -0.3 is 10.1 Å². The zero-order valence-electron chi connectivity index (χ0n) is 13.4. The Balaban J connectivity index is 1.70. The summed E-state index contributed by atoms with van der Waals surface area (Å²) in [5, 5.41) is 5.07. The molecule has 0 fully saturated rings. The number of thiophene rings is 1. The number of ether oxygens (including phenoxy) is 1. The Morgan fingerprint density at radius 2 is 1.79 bits per heavy atom. The van der Waals surface area contributed by atoms with E-state index >= 15 is 0 Å². The van der Waals surface area contributed by atoms with Gasteiger partial charge in [-0.3, -0.25) is 4.79 Å². The zero-order valence-corrected chi connectivity index (χ0v) is 14.3. The fraction of sp³-hybridized carbons (Fsp3) is 0.150. The third-order valence-electron chi connectivity index (χ3n) is 3.72. The van der Waals surface area contributed by atoms with E-state index in [-0.39, 0.29) is 11.9 Å². The maximum atomic E-state index is 12.6. The van der Waals surface area contributed by atoms with Crippen LogP contribution < -0.4 is 10.1 Å². The maximum absolute atomic E-state index is 12.6. The van der Waals surface area contributed by atoms with Crippen LogP contribution in [-0.2, 0) is 6.61 Å². The molecule has 1 amide bonds. The number of rotatable bonds is 6. The normalized spacial score (nSPS) is 11.7. The van der Waals surface area contributed by atoms with E-state index in [1.165, 1.54) is 0 Å². The Morgan fingerprint density at radius 1 is 1.04 bits per heavy atom. The molecule has 1 unspecified atom stereocenters. The number of carbonyl (C=O) groups is 1. The van der Waals surface area contributed by atoms with E-state index < -0.39 is 0 Å². The van der Waals surface area contributed by atoms with Crippen LogP contribution in [0.15, 0.2) is 72.1 Å². The molecule has 0 aliphatic heterocycles. The van der Waals surface area contributed by atoms with Crippen molar-refractivity contribution in [1.29, 1.82) is 0 Å². The van der Waals surface area contributed by atoms with Crippen molar-refractivity contribution in [1.82, 2.24) is 5.32 Å². The second-order valence-electron chi connectivity index (χ2n) is 5.47. The molecule has 1 N–H and O–H groups in total. The van der Waals surface area contributed by atoms with Gasteiger partial charge in [0.2, 0.25) is 0 Å². The van der Waals surface area contributed by atoms with Gasteiger partial charge in [-0.2, -0.15) is 0 Å². The van der Waals surface area contributed by atoms with Gasteiger partial charge in [-0.25, -0.2) is 0 Å². The average molecular weight is 337 g/mol. The fourth-order valence-corrected chi connectivity index (χ4v) is 3.16. The maximum Gasteiger partial charge on any atom is 0.252 e. The topological polar surface area (TPSA) is 38.3 Å². The summed E-state index contributed by atoms with van der Waals surface area (Å²) in [5.74, 6) is 0.711. The van der Waals surface area contributed by atoms with Gasteiger partial charge in [0.15, 0.2) is 0 Å². The van der Waals surface area contributed by atoms with Gasteiger partial charge in [-0.05, 0) is 36.6 Å². The van der Waals surface area contributed by atoms with E-state index in [0.29, 0.717) is 12.2 Å². The molecule has 0 aliphatic rings. The molecule has 3 aromatic rings. The number of carbonyl (C=O) groups excluding carboxylic acids is 1. The number of hydrogen-bond acceptors (Lipinski definition) is 3. The van der Waals surface area contributed by atoms with E-state index in [1.807, 2.05) is 79.0 Å². The molecule has 2 aromatic carbocycles. The van der Waals surface area contributed by atoms with Crippen molar-refractivity contribution in [2.45, 2.75) is 19.6 Å². The van der Waals surface area contributed by atoms with Crippen LogP contribution in [0.25, 0.3) is 0 Å². The second-order valence-corrected chi connectivity index (χ2v) is 6.45. The molecule has 0 spiro atoms. The monoisotopic (exact) mass is 337 g/mol. The average Bonchev–Trinajstić information content (AvgIpc) is 3.16. The summed E-state index contributed by atoms with van der Waals surface area (Å²) in [6.45, 7) is 2.35. The molecular formula is C20H19NO2S. The highest BCUT2D eigenvalue weighted by atomic mass is 32.1. The molecule has 1 atom stereocenters. The molecule has 24 heavy (non-hydrogen) atoms. The SMILES string of the molecule is CC(NC(=O)c1ccccc1COc1ccccc1)c1cccs1. The number of benzene rings is 2. The molecule has 1 heterocycles. The molecule has 4 heteroatoms. The first-order chi connectivity index (χ1) is 11.7. The lowest BCUT2D eigenvalue weighted by Gasteiger charge is -2.15. The highest BCUT2D eigenvalue weighted by Gasteiger charge is 2.15. The molecular weight excluding hydrogens is 318 g/mol. The molecule has 0 saturated heterocycles. The van der Waals surface area contributed by atoms with Gasteiger partial charge in [-0.15, -0.1) is 11.3 Å². The number of nitrogens with one attached hydrogen (secondary N) is 1. The van der Waals surface area contributed by atoms with Gasteiger partial charge in [-0.1, -0.05) is 42.5 Å². The van der Waals surface area contributed by atoms with Crippen LogP contribution in [0.2, 0.25) is 0 Å². The Bertz CT molecular complexity index is 784. The van der Waals surface area contributed by atoms with Crippen molar-refractivity contribution >= 4 is 17.2 Å². The first-order valence-electron chi connectivity index (χ1n) is 7.84. The van der Waals surface area contributed by atoms with Crippen LogP contribution in [-0.4, -0.2) is 5.91 Å². The Kier molecular flexibility index (Phi) is 5.29. The first-order valence-corrected chi connectivity index (χ1v) is 8.72. The third-order valence-corrected chi connectivity index (χ3v) is 4.77. The Labute approximate surface area is 145 Å². The zero-order chi connectivity index (χ0) is 16.8. The number of para-hydroxylation sites is 1. The van der Waals surface area contributed by atoms with Gasteiger partial charge in [0.25, 0.3) is 5.91 Å². The minimum absolute atomic E-state index is 0.0133. The summed E-state index contributed by atoms with van der Waals surface area (Å²) in [6.07, 6.45) is 0. The van der Waals surface area contributed by atoms with Crippen molar-refractivity contribution in [2.75, 3.05) is 0 Å². The summed E-state index contributed by atoms with van der Waals surface area (Å²) in [4.78, 5) is 13.8. The Hall–Kier alpha value is -2.59. The molecule has 0 saturated carbocycles.